The fraction of sp³-hybridized carbons (Fsp3) is 0.667. The highest BCUT2D eigenvalue weighted by molar-refractivity contribution is 5.93. The number of nitrogens with zero attached hydrogens (tertiary/aromatic N) is 1. The topological polar surface area (TPSA) is 58.6 Å². The molecule has 1 aromatic rings. The summed E-state index contributed by atoms with van der Waals surface area (Å²) in [6.45, 7) is 7.36. The van der Waals surface area contributed by atoms with E-state index in [-0.39, 0.29) is 17.9 Å². The molecule has 1 heterocycles. The van der Waals surface area contributed by atoms with E-state index in [4.69, 9.17) is 4.74 Å². The molecule has 0 unspecified atom stereocenters. The first-order valence-corrected chi connectivity index (χ1v) is 11.2. The Morgan fingerprint density at radius 2 is 1.69 bits per heavy atom. The van der Waals surface area contributed by atoms with Gasteiger partial charge in [-0.05, 0) is 82.9 Å². The SMILES string of the molecule is CC(C)(C)OC(=O)N1CCC(CCCCc2ccc(NC(=O)C3CC3)cc2)CC1. The molecule has 1 saturated heterocycles. The highest BCUT2D eigenvalue weighted by atomic mass is 16.6. The van der Waals surface area contributed by atoms with E-state index in [1.165, 1.54) is 24.8 Å². The highest BCUT2D eigenvalue weighted by Crippen LogP contribution is 2.30. The molecule has 0 radical (unpaired) electrons. The largest absolute Gasteiger partial charge is 0.444 e. The van der Waals surface area contributed by atoms with Crippen molar-refractivity contribution in [2.75, 3.05) is 18.4 Å². The summed E-state index contributed by atoms with van der Waals surface area (Å²) in [7, 11) is 0. The maximum atomic E-state index is 12.1. The van der Waals surface area contributed by atoms with E-state index in [1.54, 1.807) is 0 Å². The number of likely N-dealkylation sites (tertiary alicyclic amines) is 1. The molecule has 5 heteroatoms. The van der Waals surface area contributed by atoms with Crippen molar-refractivity contribution in [1.82, 2.24) is 4.90 Å². The molecule has 0 spiro atoms. The van der Waals surface area contributed by atoms with E-state index in [2.05, 4.69) is 17.4 Å². The van der Waals surface area contributed by atoms with Crippen LogP contribution < -0.4 is 5.32 Å². The Morgan fingerprint density at radius 3 is 2.28 bits per heavy atom. The summed E-state index contributed by atoms with van der Waals surface area (Å²) in [4.78, 5) is 25.8. The van der Waals surface area contributed by atoms with Crippen molar-refractivity contribution in [1.29, 1.82) is 0 Å². The van der Waals surface area contributed by atoms with Crippen LogP contribution in [0.25, 0.3) is 0 Å². The lowest BCUT2D eigenvalue weighted by Crippen LogP contribution is -2.41. The average molecular weight is 401 g/mol. The van der Waals surface area contributed by atoms with Crippen LogP contribution in [0.5, 0.6) is 0 Å². The van der Waals surface area contributed by atoms with Gasteiger partial charge in [0, 0.05) is 24.7 Å². The molecule has 1 aliphatic heterocycles. The van der Waals surface area contributed by atoms with Gasteiger partial charge in [0.1, 0.15) is 5.60 Å². The Labute approximate surface area is 175 Å². The van der Waals surface area contributed by atoms with Crippen molar-refractivity contribution in [3.8, 4) is 0 Å². The summed E-state index contributed by atoms with van der Waals surface area (Å²) in [5, 5.41) is 2.99. The number of unbranched alkanes of at least 4 members (excludes halogenated alkanes) is 1. The third kappa shape index (κ3) is 7.37. The van der Waals surface area contributed by atoms with Crippen LogP contribution in [0.4, 0.5) is 10.5 Å². The minimum Gasteiger partial charge on any atom is -0.444 e. The quantitative estimate of drug-likeness (QED) is 0.624. The van der Waals surface area contributed by atoms with Crippen LogP contribution in [-0.4, -0.2) is 35.6 Å². The smallest absolute Gasteiger partial charge is 0.410 e. The number of carbonyl (C=O) groups excluding carboxylic acids is 2. The van der Waals surface area contributed by atoms with Crippen LogP contribution >= 0.6 is 0 Å². The zero-order chi connectivity index (χ0) is 20.9. The Kier molecular flexibility index (Phi) is 7.20. The molecule has 160 valence electrons. The molecule has 2 aliphatic rings. The van der Waals surface area contributed by atoms with E-state index >= 15 is 0 Å². The molecule has 2 amide bonds. The van der Waals surface area contributed by atoms with Gasteiger partial charge in [-0.25, -0.2) is 4.79 Å². The van der Waals surface area contributed by atoms with Crippen LogP contribution in [-0.2, 0) is 16.0 Å². The van der Waals surface area contributed by atoms with E-state index in [9.17, 15) is 9.59 Å². The van der Waals surface area contributed by atoms with Crippen molar-refractivity contribution in [2.24, 2.45) is 11.8 Å². The molecule has 2 fully saturated rings. The summed E-state index contributed by atoms with van der Waals surface area (Å²) in [6.07, 6.45) is 8.76. The Bertz CT molecular complexity index is 681. The molecule has 1 aliphatic carbocycles. The molecular formula is C24H36N2O3. The number of benzene rings is 1. The predicted octanol–water partition coefficient (Wildman–Crippen LogP) is 5.40. The first kappa shape index (κ1) is 21.7. The molecule has 0 aromatic heterocycles. The van der Waals surface area contributed by atoms with Crippen molar-refractivity contribution < 1.29 is 14.3 Å². The van der Waals surface area contributed by atoms with Gasteiger partial charge in [-0.3, -0.25) is 4.79 Å². The third-order valence-corrected chi connectivity index (χ3v) is 5.76. The van der Waals surface area contributed by atoms with Crippen molar-refractivity contribution >= 4 is 17.7 Å². The molecular weight excluding hydrogens is 364 g/mol. The predicted molar refractivity (Wildman–Crippen MR) is 116 cm³/mol. The van der Waals surface area contributed by atoms with Crippen LogP contribution in [0.15, 0.2) is 24.3 Å². The molecule has 5 nitrogen and oxygen atoms in total. The maximum absolute atomic E-state index is 12.1. The number of hydrogen-bond donors (Lipinski definition) is 1. The summed E-state index contributed by atoms with van der Waals surface area (Å²) in [6, 6.07) is 8.29. The average Bonchev–Trinajstić information content (AvgIpc) is 3.51. The number of nitrogens with one attached hydrogen (secondary N) is 1. The molecule has 0 atom stereocenters. The number of aryl methyl sites for hydroxylation is 1. The van der Waals surface area contributed by atoms with Gasteiger partial charge < -0.3 is 15.0 Å². The van der Waals surface area contributed by atoms with Crippen molar-refractivity contribution in [3.63, 3.8) is 0 Å². The van der Waals surface area contributed by atoms with Gasteiger partial charge in [-0.1, -0.05) is 25.0 Å². The zero-order valence-electron chi connectivity index (χ0n) is 18.2. The fourth-order valence-electron chi connectivity index (χ4n) is 3.84. The van der Waals surface area contributed by atoms with Gasteiger partial charge in [0.2, 0.25) is 5.91 Å². The standard InChI is InChI=1S/C24H36N2O3/c1-24(2,3)29-23(28)26-16-14-19(15-17-26)7-5-4-6-18-8-12-21(13-9-18)25-22(27)20-10-11-20/h8-9,12-13,19-20H,4-7,10-11,14-17H2,1-3H3,(H,25,27). The molecule has 0 bridgehead atoms. The van der Waals surface area contributed by atoms with Crippen molar-refractivity contribution in [2.45, 2.75) is 77.7 Å². The monoisotopic (exact) mass is 400 g/mol. The summed E-state index contributed by atoms with van der Waals surface area (Å²) in [5.41, 5.74) is 1.81. The minimum atomic E-state index is -0.422. The van der Waals surface area contributed by atoms with Gasteiger partial charge in [-0.15, -0.1) is 0 Å². The van der Waals surface area contributed by atoms with Gasteiger partial charge >= 0.3 is 6.09 Å². The second kappa shape index (κ2) is 9.64. The zero-order valence-corrected chi connectivity index (χ0v) is 18.2. The second-order valence-electron chi connectivity index (χ2n) is 9.62. The van der Waals surface area contributed by atoms with Crippen LogP contribution in [0.3, 0.4) is 0 Å². The van der Waals surface area contributed by atoms with Gasteiger partial charge in [0.05, 0.1) is 0 Å². The molecule has 3 rings (SSSR count). The highest BCUT2D eigenvalue weighted by Gasteiger charge is 2.29. The second-order valence-corrected chi connectivity index (χ2v) is 9.62. The Morgan fingerprint density at radius 1 is 1.03 bits per heavy atom. The van der Waals surface area contributed by atoms with Gasteiger partial charge in [0.25, 0.3) is 0 Å². The summed E-state index contributed by atoms with van der Waals surface area (Å²) in [5.74, 6) is 1.12. The van der Waals surface area contributed by atoms with Gasteiger partial charge in [-0.2, -0.15) is 0 Å². The lowest BCUT2D eigenvalue weighted by Gasteiger charge is -2.33. The lowest BCUT2D eigenvalue weighted by molar-refractivity contribution is -0.117. The molecule has 29 heavy (non-hydrogen) atoms. The molecule has 1 N–H and O–H groups in total. The maximum Gasteiger partial charge on any atom is 0.410 e. The first-order chi connectivity index (χ1) is 13.8. The number of piperidine rings is 1. The van der Waals surface area contributed by atoms with Crippen molar-refractivity contribution in [3.05, 3.63) is 29.8 Å². The molecule has 1 saturated carbocycles. The minimum absolute atomic E-state index is 0.162. The summed E-state index contributed by atoms with van der Waals surface area (Å²) >= 11 is 0. The normalized spacial score (nSPS) is 17.8. The first-order valence-electron chi connectivity index (χ1n) is 11.2. The van der Waals surface area contributed by atoms with Gasteiger partial charge in [0.15, 0.2) is 0 Å². The van der Waals surface area contributed by atoms with E-state index in [0.717, 1.165) is 50.9 Å². The Hall–Kier alpha value is -2.04. The molecule has 1 aromatic carbocycles. The number of ether oxygens (including phenoxy) is 1. The number of carbonyl (C=O) groups is 2. The number of rotatable bonds is 7. The van der Waals surface area contributed by atoms with E-state index in [1.807, 2.05) is 37.8 Å². The van der Waals surface area contributed by atoms with E-state index < -0.39 is 5.60 Å². The number of hydrogen-bond acceptors (Lipinski definition) is 3. The van der Waals surface area contributed by atoms with Crippen LogP contribution in [0.2, 0.25) is 0 Å². The van der Waals surface area contributed by atoms with E-state index in [0.29, 0.717) is 5.92 Å². The summed E-state index contributed by atoms with van der Waals surface area (Å²) < 4.78 is 5.47. The fourth-order valence-corrected chi connectivity index (χ4v) is 3.84. The number of amides is 2. The lowest BCUT2D eigenvalue weighted by atomic mass is 9.91. The van der Waals surface area contributed by atoms with Crippen LogP contribution in [0, 0.1) is 11.8 Å². The number of anilines is 1. The Balaban J connectivity index is 1.29. The van der Waals surface area contributed by atoms with Crippen LogP contribution in [0.1, 0.15) is 71.3 Å². The third-order valence-electron chi connectivity index (χ3n) is 5.76.